The molecule has 1 aliphatic carbocycles. The fourth-order valence-electron chi connectivity index (χ4n) is 2.62. The number of hydrogen-bond donors (Lipinski definition) is 2. The fourth-order valence-corrected chi connectivity index (χ4v) is 3.58. The van der Waals surface area contributed by atoms with E-state index in [0.29, 0.717) is 12.1 Å². The molecule has 5 nitrogen and oxygen atoms in total. The Bertz CT molecular complexity index is 838. The Hall–Kier alpha value is -2.47. The van der Waals surface area contributed by atoms with Crippen LogP contribution in [0.2, 0.25) is 0 Å². The number of pyridine rings is 1. The third-order valence-electron chi connectivity index (χ3n) is 4.26. The zero-order valence-corrected chi connectivity index (χ0v) is 14.7. The van der Waals surface area contributed by atoms with Crippen LogP contribution >= 0.6 is 11.3 Å². The Morgan fingerprint density at radius 3 is 2.84 bits per heavy atom. The van der Waals surface area contributed by atoms with Crippen molar-refractivity contribution in [2.24, 2.45) is 5.92 Å². The summed E-state index contributed by atoms with van der Waals surface area (Å²) >= 11 is 1.68. The van der Waals surface area contributed by atoms with Crippen molar-refractivity contribution < 1.29 is 4.79 Å². The monoisotopic (exact) mass is 352 g/mol. The van der Waals surface area contributed by atoms with E-state index in [1.165, 1.54) is 17.5 Å². The quantitative estimate of drug-likeness (QED) is 0.683. The Labute approximate surface area is 150 Å². The van der Waals surface area contributed by atoms with Crippen molar-refractivity contribution >= 4 is 33.3 Å². The summed E-state index contributed by atoms with van der Waals surface area (Å²) in [5.41, 5.74) is 1.61. The molecule has 0 saturated heterocycles. The van der Waals surface area contributed by atoms with Crippen LogP contribution in [0.15, 0.2) is 42.6 Å². The Morgan fingerprint density at radius 2 is 2.08 bits per heavy atom. The summed E-state index contributed by atoms with van der Waals surface area (Å²) in [6.07, 6.45) is 4.98. The molecular formula is C19H20N4OS. The highest BCUT2D eigenvalue weighted by Crippen LogP contribution is 2.28. The zero-order chi connectivity index (χ0) is 17.1. The van der Waals surface area contributed by atoms with Crippen molar-refractivity contribution in [2.45, 2.75) is 19.3 Å². The number of aromatic nitrogens is 2. The molecule has 2 aromatic heterocycles. The number of carbonyl (C=O) groups is 1. The minimum atomic E-state index is -0.0950. The van der Waals surface area contributed by atoms with E-state index in [-0.39, 0.29) is 5.91 Å². The Morgan fingerprint density at radius 1 is 1.20 bits per heavy atom. The first-order chi connectivity index (χ1) is 12.3. The van der Waals surface area contributed by atoms with Crippen LogP contribution in [0.3, 0.4) is 0 Å². The molecule has 0 spiro atoms. The van der Waals surface area contributed by atoms with Gasteiger partial charge in [-0.25, -0.2) is 9.97 Å². The average molecular weight is 352 g/mol. The van der Waals surface area contributed by atoms with Gasteiger partial charge in [-0.15, -0.1) is 11.3 Å². The highest BCUT2D eigenvalue weighted by Gasteiger charge is 2.20. The van der Waals surface area contributed by atoms with Gasteiger partial charge < -0.3 is 10.6 Å². The Balaban J connectivity index is 1.27. The number of para-hydroxylation sites is 1. The number of rotatable bonds is 7. The molecule has 1 amide bonds. The fraction of sp³-hybridized carbons (Fsp3) is 0.316. The number of hydrogen-bond acceptors (Lipinski definition) is 5. The lowest BCUT2D eigenvalue weighted by Crippen LogP contribution is -2.25. The van der Waals surface area contributed by atoms with E-state index in [2.05, 4.69) is 26.7 Å². The SMILES string of the molecule is O=C(NCCc1nc2ccccc2s1)c1ccc(NCC2CC2)nc1. The van der Waals surface area contributed by atoms with Crippen LogP contribution in [-0.2, 0) is 6.42 Å². The number of fused-ring (bicyclic) bond motifs is 1. The summed E-state index contributed by atoms with van der Waals surface area (Å²) in [5, 5.41) is 7.28. The molecule has 1 aliphatic rings. The summed E-state index contributed by atoms with van der Waals surface area (Å²) in [5.74, 6) is 1.53. The van der Waals surface area contributed by atoms with E-state index in [0.717, 1.165) is 35.2 Å². The smallest absolute Gasteiger partial charge is 0.252 e. The maximum atomic E-state index is 12.2. The molecule has 3 aromatic rings. The van der Waals surface area contributed by atoms with Crippen molar-refractivity contribution in [1.82, 2.24) is 15.3 Å². The summed E-state index contributed by atoms with van der Waals surface area (Å²) in [4.78, 5) is 21.1. The summed E-state index contributed by atoms with van der Waals surface area (Å²) in [6.45, 7) is 1.54. The molecular weight excluding hydrogens is 332 g/mol. The van der Waals surface area contributed by atoms with Crippen LogP contribution in [0.5, 0.6) is 0 Å². The number of benzene rings is 1. The standard InChI is InChI=1S/C19H20N4OS/c24-19(14-7-8-17(22-12-14)21-11-13-5-6-13)20-10-9-18-23-15-3-1-2-4-16(15)25-18/h1-4,7-8,12-13H,5-6,9-11H2,(H,20,24)(H,21,22). The van der Waals surface area contributed by atoms with Gasteiger partial charge in [0.1, 0.15) is 5.82 Å². The van der Waals surface area contributed by atoms with E-state index >= 15 is 0 Å². The van der Waals surface area contributed by atoms with E-state index in [1.807, 2.05) is 30.3 Å². The second-order valence-corrected chi connectivity index (χ2v) is 7.45. The molecule has 0 atom stereocenters. The second kappa shape index (κ2) is 7.19. The number of carbonyl (C=O) groups excluding carboxylic acids is 1. The molecule has 0 unspecified atom stereocenters. The van der Waals surface area contributed by atoms with Crippen LogP contribution in [0, 0.1) is 5.92 Å². The molecule has 6 heteroatoms. The van der Waals surface area contributed by atoms with Gasteiger partial charge in [0, 0.05) is 25.7 Å². The number of thiazole rings is 1. The predicted octanol–water partition coefficient (Wildman–Crippen LogP) is 3.49. The molecule has 25 heavy (non-hydrogen) atoms. The lowest BCUT2D eigenvalue weighted by molar-refractivity contribution is 0.0954. The van der Waals surface area contributed by atoms with Crippen molar-refractivity contribution in [3.05, 3.63) is 53.2 Å². The highest BCUT2D eigenvalue weighted by molar-refractivity contribution is 7.18. The van der Waals surface area contributed by atoms with Crippen LogP contribution in [-0.4, -0.2) is 29.0 Å². The zero-order valence-electron chi connectivity index (χ0n) is 13.9. The first-order valence-corrected chi connectivity index (χ1v) is 9.42. The van der Waals surface area contributed by atoms with Gasteiger partial charge in [-0.1, -0.05) is 12.1 Å². The van der Waals surface area contributed by atoms with Gasteiger partial charge in [-0.2, -0.15) is 0 Å². The number of amides is 1. The highest BCUT2D eigenvalue weighted by atomic mass is 32.1. The number of nitrogens with one attached hydrogen (secondary N) is 2. The average Bonchev–Trinajstić information content (AvgIpc) is 3.38. The molecule has 128 valence electrons. The lowest BCUT2D eigenvalue weighted by Gasteiger charge is -2.06. The summed E-state index contributed by atoms with van der Waals surface area (Å²) in [7, 11) is 0. The van der Waals surface area contributed by atoms with Crippen LogP contribution < -0.4 is 10.6 Å². The molecule has 2 N–H and O–H groups in total. The van der Waals surface area contributed by atoms with Gasteiger partial charge in [-0.05, 0) is 43.0 Å². The molecule has 1 saturated carbocycles. The van der Waals surface area contributed by atoms with Crippen molar-refractivity contribution in [1.29, 1.82) is 0 Å². The summed E-state index contributed by atoms with van der Waals surface area (Å²) in [6, 6.07) is 11.8. The molecule has 2 heterocycles. The summed E-state index contributed by atoms with van der Waals surface area (Å²) < 4.78 is 1.18. The predicted molar refractivity (Wildman–Crippen MR) is 101 cm³/mol. The van der Waals surface area contributed by atoms with Crippen LogP contribution in [0.1, 0.15) is 28.2 Å². The van der Waals surface area contributed by atoms with Gasteiger partial charge in [-0.3, -0.25) is 4.79 Å². The maximum absolute atomic E-state index is 12.2. The third kappa shape index (κ3) is 4.14. The van der Waals surface area contributed by atoms with Crippen LogP contribution in [0.25, 0.3) is 10.2 Å². The molecule has 0 bridgehead atoms. The van der Waals surface area contributed by atoms with E-state index in [4.69, 9.17) is 0 Å². The number of anilines is 1. The van der Waals surface area contributed by atoms with Gasteiger partial charge in [0.2, 0.25) is 0 Å². The van der Waals surface area contributed by atoms with Gasteiger partial charge >= 0.3 is 0 Å². The first-order valence-electron chi connectivity index (χ1n) is 8.60. The largest absolute Gasteiger partial charge is 0.370 e. The topological polar surface area (TPSA) is 66.9 Å². The third-order valence-corrected chi connectivity index (χ3v) is 5.35. The molecule has 1 fully saturated rings. The minimum Gasteiger partial charge on any atom is -0.370 e. The first kappa shape index (κ1) is 16.0. The van der Waals surface area contributed by atoms with E-state index in [1.54, 1.807) is 17.5 Å². The van der Waals surface area contributed by atoms with E-state index in [9.17, 15) is 4.79 Å². The second-order valence-electron chi connectivity index (χ2n) is 6.34. The van der Waals surface area contributed by atoms with Crippen molar-refractivity contribution in [2.75, 3.05) is 18.4 Å². The molecule has 1 aromatic carbocycles. The number of nitrogens with zero attached hydrogens (tertiary/aromatic N) is 2. The van der Waals surface area contributed by atoms with Gasteiger partial charge in [0.25, 0.3) is 5.91 Å². The Kier molecular flexibility index (Phi) is 4.61. The molecule has 0 aliphatic heterocycles. The maximum Gasteiger partial charge on any atom is 0.252 e. The van der Waals surface area contributed by atoms with Gasteiger partial charge in [0.05, 0.1) is 20.8 Å². The molecule has 4 rings (SSSR count). The van der Waals surface area contributed by atoms with Crippen LogP contribution in [0.4, 0.5) is 5.82 Å². The normalized spacial score (nSPS) is 13.8. The lowest BCUT2D eigenvalue weighted by atomic mass is 10.2. The molecule has 0 radical (unpaired) electrons. The van der Waals surface area contributed by atoms with Crippen molar-refractivity contribution in [3.8, 4) is 0 Å². The van der Waals surface area contributed by atoms with E-state index < -0.39 is 0 Å². The van der Waals surface area contributed by atoms with Gasteiger partial charge in [0.15, 0.2) is 0 Å². The van der Waals surface area contributed by atoms with Crippen molar-refractivity contribution in [3.63, 3.8) is 0 Å². The minimum absolute atomic E-state index is 0.0950.